The Balaban J connectivity index is 1.99. The molecule has 0 aliphatic carbocycles. The summed E-state index contributed by atoms with van der Waals surface area (Å²) in [5, 5.41) is 4.65. The highest BCUT2D eigenvalue weighted by Crippen LogP contribution is 2.23. The van der Waals surface area contributed by atoms with Gasteiger partial charge in [-0.25, -0.2) is 0 Å². The Kier molecular flexibility index (Phi) is 3.79. The van der Waals surface area contributed by atoms with Gasteiger partial charge < -0.3 is 9.73 Å². The maximum Gasteiger partial charge on any atom is 0.126 e. The molecule has 0 aliphatic rings. The van der Waals surface area contributed by atoms with Crippen molar-refractivity contribution >= 4 is 10.9 Å². The molecule has 0 saturated carbocycles. The van der Waals surface area contributed by atoms with E-state index in [2.05, 4.69) is 30.4 Å². The molecule has 3 aromatic rings. The first-order valence-corrected chi connectivity index (χ1v) is 7.01. The van der Waals surface area contributed by atoms with Gasteiger partial charge >= 0.3 is 0 Å². The van der Waals surface area contributed by atoms with Gasteiger partial charge in [-0.1, -0.05) is 31.2 Å². The van der Waals surface area contributed by atoms with Crippen molar-refractivity contribution in [2.24, 2.45) is 0 Å². The number of fused-ring (bicyclic) bond motifs is 1. The van der Waals surface area contributed by atoms with E-state index < -0.39 is 0 Å². The van der Waals surface area contributed by atoms with Crippen LogP contribution < -0.4 is 5.32 Å². The van der Waals surface area contributed by atoms with Gasteiger partial charge in [-0.05, 0) is 37.2 Å². The van der Waals surface area contributed by atoms with E-state index in [0.717, 1.165) is 35.3 Å². The normalized spacial score (nSPS) is 12.7. The molecule has 2 heterocycles. The van der Waals surface area contributed by atoms with Gasteiger partial charge in [0.15, 0.2) is 0 Å². The number of nitrogens with zero attached hydrogens (tertiary/aromatic N) is 1. The van der Waals surface area contributed by atoms with Gasteiger partial charge in [0.25, 0.3) is 0 Å². The van der Waals surface area contributed by atoms with Crippen LogP contribution in [0.2, 0.25) is 0 Å². The van der Waals surface area contributed by atoms with Crippen molar-refractivity contribution in [2.75, 3.05) is 6.54 Å². The van der Waals surface area contributed by atoms with Gasteiger partial charge in [-0.3, -0.25) is 4.98 Å². The van der Waals surface area contributed by atoms with Gasteiger partial charge in [0, 0.05) is 5.39 Å². The van der Waals surface area contributed by atoms with Crippen LogP contribution in [0.1, 0.15) is 30.8 Å². The molecule has 0 bridgehead atoms. The van der Waals surface area contributed by atoms with E-state index in [-0.39, 0.29) is 6.04 Å². The number of pyridine rings is 1. The standard InChI is InChI=1S/C17H18N2O/c1-2-11-18-17(16-8-5-12-20-16)15-10-9-13-6-3-4-7-14(13)19-15/h3-10,12,17-18H,2,11H2,1H3. The first kappa shape index (κ1) is 12.9. The second-order valence-electron chi connectivity index (χ2n) is 4.83. The van der Waals surface area contributed by atoms with E-state index >= 15 is 0 Å². The van der Waals surface area contributed by atoms with Gasteiger partial charge in [-0.2, -0.15) is 0 Å². The van der Waals surface area contributed by atoms with Crippen LogP contribution in [-0.4, -0.2) is 11.5 Å². The zero-order valence-electron chi connectivity index (χ0n) is 11.5. The van der Waals surface area contributed by atoms with E-state index in [1.54, 1.807) is 6.26 Å². The third kappa shape index (κ3) is 2.58. The van der Waals surface area contributed by atoms with Crippen LogP contribution >= 0.6 is 0 Å². The van der Waals surface area contributed by atoms with Crippen LogP contribution in [0.4, 0.5) is 0 Å². The van der Waals surface area contributed by atoms with E-state index in [1.165, 1.54) is 0 Å². The second kappa shape index (κ2) is 5.88. The molecule has 0 amide bonds. The quantitative estimate of drug-likeness (QED) is 0.760. The van der Waals surface area contributed by atoms with Crippen molar-refractivity contribution in [3.05, 3.63) is 66.2 Å². The number of hydrogen-bond acceptors (Lipinski definition) is 3. The Morgan fingerprint density at radius 3 is 2.80 bits per heavy atom. The SMILES string of the molecule is CCCNC(c1ccc2ccccc2n1)c1ccco1. The highest BCUT2D eigenvalue weighted by molar-refractivity contribution is 5.78. The summed E-state index contributed by atoms with van der Waals surface area (Å²) >= 11 is 0. The Labute approximate surface area is 118 Å². The third-order valence-corrected chi connectivity index (χ3v) is 3.34. The van der Waals surface area contributed by atoms with Crippen molar-refractivity contribution in [3.63, 3.8) is 0 Å². The maximum atomic E-state index is 5.56. The average molecular weight is 266 g/mol. The van der Waals surface area contributed by atoms with Gasteiger partial charge in [-0.15, -0.1) is 0 Å². The summed E-state index contributed by atoms with van der Waals surface area (Å²) in [5.41, 5.74) is 2.01. The van der Waals surface area contributed by atoms with E-state index in [0.29, 0.717) is 0 Å². The highest BCUT2D eigenvalue weighted by Gasteiger charge is 2.17. The molecule has 1 unspecified atom stereocenters. The number of benzene rings is 1. The Morgan fingerprint density at radius 2 is 2.00 bits per heavy atom. The fourth-order valence-electron chi connectivity index (χ4n) is 2.34. The van der Waals surface area contributed by atoms with Gasteiger partial charge in [0.05, 0.1) is 17.5 Å². The molecule has 0 saturated heterocycles. The van der Waals surface area contributed by atoms with E-state index in [9.17, 15) is 0 Å². The minimum atomic E-state index is 0.00885. The fraction of sp³-hybridized carbons (Fsp3) is 0.235. The van der Waals surface area contributed by atoms with Crippen molar-refractivity contribution in [2.45, 2.75) is 19.4 Å². The number of hydrogen-bond donors (Lipinski definition) is 1. The van der Waals surface area contributed by atoms with Crippen molar-refractivity contribution in [1.29, 1.82) is 0 Å². The predicted molar refractivity (Wildman–Crippen MR) is 80.6 cm³/mol. The van der Waals surface area contributed by atoms with Crippen molar-refractivity contribution in [3.8, 4) is 0 Å². The molecule has 3 heteroatoms. The molecular formula is C17H18N2O. The molecule has 2 aromatic heterocycles. The lowest BCUT2D eigenvalue weighted by Crippen LogP contribution is -2.23. The first-order valence-electron chi connectivity index (χ1n) is 7.01. The lowest BCUT2D eigenvalue weighted by molar-refractivity contribution is 0.442. The van der Waals surface area contributed by atoms with Crippen LogP contribution in [0.5, 0.6) is 0 Å². The number of aromatic nitrogens is 1. The third-order valence-electron chi connectivity index (χ3n) is 3.34. The minimum Gasteiger partial charge on any atom is -0.467 e. The Morgan fingerprint density at radius 1 is 1.10 bits per heavy atom. The Bertz CT molecular complexity index is 676. The van der Waals surface area contributed by atoms with Gasteiger partial charge in [0.1, 0.15) is 11.8 Å². The maximum absolute atomic E-state index is 5.56. The van der Waals surface area contributed by atoms with Crippen LogP contribution in [0.15, 0.2) is 59.2 Å². The smallest absolute Gasteiger partial charge is 0.126 e. The predicted octanol–water partition coefficient (Wildman–Crippen LogP) is 3.92. The largest absolute Gasteiger partial charge is 0.467 e. The molecule has 1 aromatic carbocycles. The van der Waals surface area contributed by atoms with Crippen molar-refractivity contribution < 1.29 is 4.42 Å². The molecule has 0 fully saturated rings. The number of nitrogens with one attached hydrogen (secondary N) is 1. The molecule has 3 nitrogen and oxygen atoms in total. The second-order valence-corrected chi connectivity index (χ2v) is 4.83. The van der Waals surface area contributed by atoms with Crippen LogP contribution in [0, 0.1) is 0 Å². The summed E-state index contributed by atoms with van der Waals surface area (Å²) in [6, 6.07) is 16.3. The monoisotopic (exact) mass is 266 g/mol. The molecule has 102 valence electrons. The molecule has 1 atom stereocenters. The van der Waals surface area contributed by atoms with Crippen LogP contribution in [0.25, 0.3) is 10.9 Å². The topological polar surface area (TPSA) is 38.1 Å². The lowest BCUT2D eigenvalue weighted by atomic mass is 10.1. The summed E-state index contributed by atoms with van der Waals surface area (Å²) in [7, 11) is 0. The lowest BCUT2D eigenvalue weighted by Gasteiger charge is -2.16. The van der Waals surface area contributed by atoms with Crippen LogP contribution in [-0.2, 0) is 0 Å². The van der Waals surface area contributed by atoms with Crippen LogP contribution in [0.3, 0.4) is 0 Å². The fourth-order valence-corrected chi connectivity index (χ4v) is 2.34. The summed E-state index contributed by atoms with van der Waals surface area (Å²) in [6.07, 6.45) is 2.78. The van der Waals surface area contributed by atoms with Crippen molar-refractivity contribution in [1.82, 2.24) is 10.3 Å². The van der Waals surface area contributed by atoms with E-state index in [1.807, 2.05) is 30.3 Å². The van der Waals surface area contributed by atoms with E-state index in [4.69, 9.17) is 9.40 Å². The molecule has 3 rings (SSSR count). The number of rotatable bonds is 5. The number of furan rings is 1. The molecule has 20 heavy (non-hydrogen) atoms. The molecule has 0 radical (unpaired) electrons. The summed E-state index contributed by atoms with van der Waals surface area (Å²) in [5.74, 6) is 0.904. The average Bonchev–Trinajstić information content (AvgIpc) is 3.02. The number of para-hydroxylation sites is 1. The first-order chi connectivity index (χ1) is 9.88. The zero-order valence-corrected chi connectivity index (χ0v) is 11.5. The minimum absolute atomic E-state index is 0.00885. The summed E-state index contributed by atoms with van der Waals surface area (Å²) in [4.78, 5) is 4.76. The molecule has 1 N–H and O–H groups in total. The molecule has 0 spiro atoms. The Hall–Kier alpha value is -2.13. The molecular weight excluding hydrogens is 248 g/mol. The summed E-state index contributed by atoms with van der Waals surface area (Å²) < 4.78 is 5.56. The summed E-state index contributed by atoms with van der Waals surface area (Å²) in [6.45, 7) is 3.08. The molecule has 0 aliphatic heterocycles. The zero-order chi connectivity index (χ0) is 13.8. The highest BCUT2D eigenvalue weighted by atomic mass is 16.3. The van der Waals surface area contributed by atoms with Gasteiger partial charge in [0.2, 0.25) is 0 Å².